The SMILES string of the molecule is CC(=O)C(C)C.CC(C)C(C)(C)C.CC(C)C(C)(C)O.CC(C)c1ccc(F)cc1F.CC(C)c1ccccn1.CC(C)c1cccnc1.CC(C)c1ccco1.CC(C)c1cccs1.CC(C)c1ccncc1.CC(C)c1cnccn1.CC(C)c1ncccc1Cl.CC(C)c1ncccn1.COc1ccccc1C(C)C.Cc1ccc(C(C)C)o1.Cc1cccc(C(C)C)n1. The predicted molar refractivity (Wildman–Crippen MR) is 561 cm³/mol. The van der Waals surface area contributed by atoms with E-state index in [1.165, 1.54) is 39.4 Å². The lowest BCUT2D eigenvalue weighted by Crippen LogP contribution is -2.25. The lowest BCUT2D eigenvalue weighted by molar-refractivity contribution is -0.119. The molecule has 0 atom stereocenters. The van der Waals surface area contributed by atoms with E-state index in [0.29, 0.717) is 82.0 Å². The third-order valence-electron chi connectivity index (χ3n) is 20.0. The zero-order valence-corrected chi connectivity index (χ0v) is 89.9. The molecule has 0 spiro atoms. The highest BCUT2D eigenvalue weighted by molar-refractivity contribution is 7.10. The average Bonchev–Trinajstić information content (AvgIpc) is 1.09. The number of pyridine rings is 5. The van der Waals surface area contributed by atoms with Gasteiger partial charge in [0.2, 0.25) is 0 Å². The summed E-state index contributed by atoms with van der Waals surface area (Å²) >= 11 is 7.69. The summed E-state index contributed by atoms with van der Waals surface area (Å²) < 4.78 is 40.9. The van der Waals surface area contributed by atoms with Crippen LogP contribution in [0.3, 0.4) is 0 Å². The van der Waals surface area contributed by atoms with Crippen LogP contribution in [0.4, 0.5) is 8.78 Å². The topological polar surface area (TPSA) is 189 Å². The molecule has 10 heterocycles. The van der Waals surface area contributed by atoms with Gasteiger partial charge in [-0.1, -0.05) is 289 Å². The fourth-order valence-electron chi connectivity index (χ4n) is 9.23. The molecular weight excluding hydrogens is 1680 g/mol. The Hall–Kier alpha value is -9.81. The van der Waals surface area contributed by atoms with Crippen molar-refractivity contribution in [2.75, 3.05) is 7.11 Å². The Morgan fingerprint density at radius 2 is 0.939 bits per heavy atom. The highest BCUT2D eigenvalue weighted by Crippen LogP contribution is 2.28. The van der Waals surface area contributed by atoms with Crippen LogP contribution in [0.25, 0.3) is 0 Å². The highest BCUT2D eigenvalue weighted by Gasteiger charge is 2.17. The zero-order valence-electron chi connectivity index (χ0n) is 88.3. The minimum Gasteiger partial charge on any atom is -0.496 e. The van der Waals surface area contributed by atoms with Crippen molar-refractivity contribution in [3.8, 4) is 5.75 Å². The van der Waals surface area contributed by atoms with Crippen LogP contribution in [-0.4, -0.2) is 68.5 Å². The largest absolute Gasteiger partial charge is 0.496 e. The molecule has 0 saturated heterocycles. The number of carbonyl (C=O) groups is 1. The second-order valence-corrected chi connectivity index (χ2v) is 39.4. The molecule has 0 aliphatic carbocycles. The molecular formula is C114H172ClF2N9O5S. The number of para-hydroxylation sites is 1. The van der Waals surface area contributed by atoms with Gasteiger partial charge in [-0.3, -0.25) is 39.7 Å². The van der Waals surface area contributed by atoms with Gasteiger partial charge in [0.25, 0.3) is 0 Å². The van der Waals surface area contributed by atoms with Crippen LogP contribution in [-0.2, 0) is 4.79 Å². The van der Waals surface area contributed by atoms with Gasteiger partial charge in [-0.2, -0.15) is 0 Å². The summed E-state index contributed by atoms with van der Waals surface area (Å²) in [4.78, 5) is 48.4. The van der Waals surface area contributed by atoms with Crippen molar-refractivity contribution in [1.29, 1.82) is 0 Å². The van der Waals surface area contributed by atoms with Gasteiger partial charge < -0.3 is 18.7 Å². The van der Waals surface area contributed by atoms with E-state index in [1.54, 1.807) is 63.7 Å². The second kappa shape index (κ2) is 71.8. The maximum Gasteiger partial charge on any atom is 0.132 e. The second-order valence-electron chi connectivity index (χ2n) is 38.0. The van der Waals surface area contributed by atoms with Crippen LogP contribution in [0.5, 0.6) is 5.75 Å². The fraction of sp³-hybridized carbons (Fsp3) is 0.491. The number of aliphatic hydroxyl groups is 1. The molecule has 1 N–H and O–H groups in total. The predicted octanol–water partition coefficient (Wildman–Crippen LogP) is 34.4. The van der Waals surface area contributed by atoms with Crippen LogP contribution in [0.15, 0.2) is 246 Å². The van der Waals surface area contributed by atoms with Crippen molar-refractivity contribution in [3.05, 3.63) is 333 Å². The van der Waals surface area contributed by atoms with E-state index in [9.17, 15) is 13.6 Å². The molecule has 12 aromatic rings. The van der Waals surface area contributed by atoms with Crippen LogP contribution >= 0.6 is 22.9 Å². The van der Waals surface area contributed by atoms with E-state index in [1.807, 2.05) is 208 Å². The smallest absolute Gasteiger partial charge is 0.132 e. The highest BCUT2D eigenvalue weighted by atomic mass is 35.5. The summed E-state index contributed by atoms with van der Waals surface area (Å²) in [6, 6.07) is 49.8. The van der Waals surface area contributed by atoms with E-state index >= 15 is 0 Å². The number of halogens is 3. The van der Waals surface area contributed by atoms with Crippen LogP contribution < -0.4 is 4.74 Å². The minimum atomic E-state index is -0.521. The number of hydrogen-bond donors (Lipinski definition) is 1. The molecule has 0 saturated carbocycles. The Bertz CT molecular complexity index is 4390. The van der Waals surface area contributed by atoms with Crippen molar-refractivity contribution < 1.29 is 32.3 Å². The van der Waals surface area contributed by atoms with Gasteiger partial charge in [-0.15, -0.1) is 11.3 Å². The number of ketones is 1. The van der Waals surface area contributed by atoms with Gasteiger partial charge in [0.15, 0.2) is 0 Å². The van der Waals surface area contributed by atoms with E-state index in [0.717, 1.165) is 68.6 Å². The number of rotatable bonds is 15. The average molecular weight is 1850 g/mol. The number of aromatic nitrogens is 9. The van der Waals surface area contributed by atoms with Crippen LogP contribution in [0, 0.1) is 48.7 Å². The molecule has 0 aliphatic rings. The van der Waals surface area contributed by atoms with Gasteiger partial charge in [0, 0.05) is 120 Å². The minimum absolute atomic E-state index is 0.107. The van der Waals surface area contributed by atoms with Gasteiger partial charge in [-0.05, 0) is 236 Å². The summed E-state index contributed by atoms with van der Waals surface area (Å²) in [6.07, 6.45) is 21.4. The number of Topliss-reactive ketones (excluding diaryl/α,β-unsaturated/α-hetero) is 1. The summed E-state index contributed by atoms with van der Waals surface area (Å²) in [5.41, 5.74) is 9.97. The number of hydrogen-bond acceptors (Lipinski definition) is 15. The first kappa shape index (κ1) is 126. The van der Waals surface area contributed by atoms with Crippen molar-refractivity contribution in [1.82, 2.24) is 44.9 Å². The molecule has 0 amide bonds. The third-order valence-corrected chi connectivity index (χ3v) is 21.5. The third kappa shape index (κ3) is 63.3. The lowest BCUT2D eigenvalue weighted by atomic mass is 9.84. The Morgan fingerprint density at radius 3 is 1.23 bits per heavy atom. The number of aryl methyl sites for hydroxylation is 2. The molecule has 730 valence electrons. The standard InChI is InChI=1S/C10H14O.C9H10F2.C9H13N.C8H10ClN.3C8H11N.C8H12O.2C7H10N2.C7H10O.C7H10S.C7H16.C6H14O.C5H10O/c1-8(2)9-6-4-5-7-10(9)11-3;1-6(2)8-4-3-7(10)5-9(8)11;1-7(2)9-6-4-5-8(3)10-9;1-6(2)8-7(9)4-3-5-10-8;1-7(2)8-3-5-9-6-4-8;1-7(2)8-4-3-5-9-6-8;1-7(2)8-5-3-4-6-9-8;1-6(2)8-5-4-7(3)9-8;1-6(2)7-5-8-3-4-9-7;1-6(2)7-8-4-3-5-9-7;2*1-6(2)7-4-3-5-8-7;1-6(2)7(3,4)5;1-5(2)6(3,4)7;1-4(2)5(3)6/h4-8H,1-3H3;3-6H,1-2H3;4-7H,1-3H3;3-6H,1-2H3;3*3-7H,1-2H3;4-6H,1-3H3;2*3-6H,1-2H3;2*3-6H,1-2H3;6H,1-5H3;5,7H,1-4H3;4H,1-3H3. The fourth-order valence-corrected chi connectivity index (χ4v) is 10.3. The number of methoxy groups -OCH3 is 1. The number of ether oxygens (including phenoxy) is 1. The van der Waals surface area contributed by atoms with Gasteiger partial charge in [0.1, 0.15) is 46.3 Å². The first-order valence-corrected chi connectivity index (χ1v) is 48.1. The molecule has 12 rings (SSSR count). The molecule has 0 unspecified atom stereocenters. The number of nitrogens with zero attached hydrogens (tertiary/aromatic N) is 9. The maximum absolute atomic E-state index is 12.9. The summed E-state index contributed by atoms with van der Waals surface area (Å²) in [7, 11) is 1.71. The number of carbonyl (C=O) groups excluding carboxylic acids is 1. The van der Waals surface area contributed by atoms with Crippen LogP contribution in [0.1, 0.15) is 399 Å². The monoisotopic (exact) mass is 1850 g/mol. The van der Waals surface area contributed by atoms with E-state index in [2.05, 4.69) is 274 Å². The maximum atomic E-state index is 12.9. The van der Waals surface area contributed by atoms with Crippen molar-refractivity contribution >= 4 is 28.7 Å². The Labute approximate surface area is 809 Å². The normalized spacial score (nSPS) is 10.5. The summed E-state index contributed by atoms with van der Waals surface area (Å²) in [6.45, 7) is 79.0. The number of benzene rings is 2. The van der Waals surface area contributed by atoms with E-state index in [4.69, 9.17) is 30.3 Å². The molecule has 132 heavy (non-hydrogen) atoms. The Kier molecular flexibility index (Phi) is 68.7. The number of thiophene rings is 1. The lowest BCUT2D eigenvalue weighted by Gasteiger charge is -2.22. The molecule has 0 radical (unpaired) electrons. The van der Waals surface area contributed by atoms with Crippen molar-refractivity contribution in [3.63, 3.8) is 0 Å². The van der Waals surface area contributed by atoms with Crippen molar-refractivity contribution in [2.45, 2.75) is 340 Å². The van der Waals surface area contributed by atoms with Crippen LogP contribution in [0.2, 0.25) is 5.02 Å². The van der Waals surface area contributed by atoms with E-state index in [-0.39, 0.29) is 17.6 Å². The molecule has 14 nitrogen and oxygen atoms in total. The Morgan fingerprint density at radius 1 is 0.424 bits per heavy atom. The number of furan rings is 2. The quantitative estimate of drug-likeness (QED) is 0.102. The summed E-state index contributed by atoms with van der Waals surface area (Å²) in [5.74, 6) is 11.7. The van der Waals surface area contributed by atoms with Gasteiger partial charge in [0.05, 0.1) is 35.4 Å². The first-order chi connectivity index (χ1) is 61.6. The Balaban J connectivity index is -0.00000135. The zero-order chi connectivity index (χ0) is 101. The van der Waals surface area contributed by atoms with Gasteiger partial charge in [-0.25, -0.2) is 18.7 Å². The summed E-state index contributed by atoms with van der Waals surface area (Å²) in [5, 5.41) is 12.0. The molecule has 0 bridgehead atoms. The van der Waals surface area contributed by atoms with E-state index < -0.39 is 17.2 Å². The van der Waals surface area contributed by atoms with Crippen molar-refractivity contribution in [2.24, 2.45) is 23.2 Å². The molecule has 10 aromatic heterocycles. The molecule has 0 fully saturated rings. The molecule has 0 aliphatic heterocycles. The molecule has 18 heteroatoms. The molecule has 2 aromatic carbocycles. The first-order valence-electron chi connectivity index (χ1n) is 46.9. The van der Waals surface area contributed by atoms with Gasteiger partial charge >= 0.3 is 0 Å².